The molecule has 1 aromatic carbocycles. The molecule has 0 aliphatic heterocycles. The minimum absolute atomic E-state index is 0.170. The van der Waals surface area contributed by atoms with Gasteiger partial charge in [-0.15, -0.1) is 0 Å². The Kier molecular flexibility index (Phi) is 4.39. The molecule has 0 bridgehead atoms. The molecule has 0 heterocycles. The second-order valence-corrected chi connectivity index (χ2v) is 7.58. The van der Waals surface area contributed by atoms with Crippen LogP contribution in [0, 0.1) is 13.8 Å². The van der Waals surface area contributed by atoms with Gasteiger partial charge in [0.15, 0.2) is 0 Å². The zero-order valence-electron chi connectivity index (χ0n) is 12.3. The molecular weight excluding hydrogens is 290 g/mol. The molecule has 0 aromatic heterocycles. The van der Waals surface area contributed by atoms with E-state index in [2.05, 4.69) is 4.72 Å². The summed E-state index contributed by atoms with van der Waals surface area (Å²) in [6.45, 7) is 3.65. The molecular formula is C15H21NO4S. The van der Waals surface area contributed by atoms with E-state index >= 15 is 0 Å². The van der Waals surface area contributed by atoms with Crippen molar-refractivity contribution in [2.75, 3.05) is 0 Å². The monoisotopic (exact) mass is 311 g/mol. The number of carboxylic acid groups (broad SMARTS) is 1. The largest absolute Gasteiger partial charge is 0.481 e. The number of hydrogen-bond acceptors (Lipinski definition) is 3. The third kappa shape index (κ3) is 3.63. The molecule has 0 spiro atoms. The molecule has 1 aliphatic carbocycles. The summed E-state index contributed by atoms with van der Waals surface area (Å²) in [5.74, 6) is -0.972. The number of aliphatic carboxylic acids is 1. The fourth-order valence-corrected chi connectivity index (χ4v) is 4.78. The van der Waals surface area contributed by atoms with Gasteiger partial charge in [0, 0.05) is 5.54 Å². The van der Waals surface area contributed by atoms with Gasteiger partial charge >= 0.3 is 5.97 Å². The van der Waals surface area contributed by atoms with Crippen LogP contribution in [-0.4, -0.2) is 25.0 Å². The van der Waals surface area contributed by atoms with Gasteiger partial charge in [-0.25, -0.2) is 13.1 Å². The lowest BCUT2D eigenvalue weighted by molar-refractivity contribution is -0.138. The molecule has 0 radical (unpaired) electrons. The van der Waals surface area contributed by atoms with Crippen molar-refractivity contribution in [3.8, 4) is 0 Å². The summed E-state index contributed by atoms with van der Waals surface area (Å²) >= 11 is 0. The van der Waals surface area contributed by atoms with Gasteiger partial charge < -0.3 is 5.11 Å². The maximum absolute atomic E-state index is 12.6. The number of sulfonamides is 1. The Morgan fingerprint density at radius 3 is 2.43 bits per heavy atom. The molecule has 1 saturated carbocycles. The average molecular weight is 311 g/mol. The third-order valence-electron chi connectivity index (χ3n) is 4.02. The zero-order chi connectivity index (χ0) is 15.7. The molecule has 116 valence electrons. The van der Waals surface area contributed by atoms with Gasteiger partial charge in [-0.2, -0.15) is 0 Å². The Bertz CT molecular complexity index is 646. The van der Waals surface area contributed by atoms with Crippen LogP contribution < -0.4 is 4.72 Å². The second kappa shape index (κ2) is 5.77. The van der Waals surface area contributed by atoms with Gasteiger partial charge in [-0.3, -0.25) is 4.79 Å². The number of carbonyl (C=O) groups is 1. The van der Waals surface area contributed by atoms with E-state index in [1.54, 1.807) is 19.1 Å². The first kappa shape index (κ1) is 16.0. The van der Waals surface area contributed by atoms with Crippen molar-refractivity contribution in [2.45, 2.75) is 56.4 Å². The summed E-state index contributed by atoms with van der Waals surface area (Å²) in [6, 6.07) is 5.14. The molecule has 21 heavy (non-hydrogen) atoms. The van der Waals surface area contributed by atoms with Gasteiger partial charge in [0.1, 0.15) is 0 Å². The maximum atomic E-state index is 12.6. The Balaban J connectivity index is 2.32. The molecule has 0 amide bonds. The Morgan fingerprint density at radius 2 is 1.90 bits per heavy atom. The number of hydrogen-bond donors (Lipinski definition) is 2. The zero-order valence-corrected chi connectivity index (χ0v) is 13.2. The number of carboxylic acids is 1. The van der Waals surface area contributed by atoms with Gasteiger partial charge in [-0.1, -0.05) is 30.5 Å². The first-order chi connectivity index (χ1) is 9.74. The second-order valence-electron chi connectivity index (χ2n) is 5.93. The number of nitrogens with one attached hydrogen (secondary N) is 1. The lowest BCUT2D eigenvalue weighted by Gasteiger charge is -2.28. The molecule has 1 aromatic rings. The van der Waals surface area contributed by atoms with Crippen LogP contribution in [-0.2, 0) is 14.8 Å². The summed E-state index contributed by atoms with van der Waals surface area (Å²) in [5.41, 5.74) is 0.820. The summed E-state index contributed by atoms with van der Waals surface area (Å²) in [7, 11) is -3.71. The molecule has 0 saturated heterocycles. The number of benzene rings is 1. The standard InChI is InChI=1S/C15H21NO4S/c1-11-5-6-13(12(2)9-11)21(19,20)16-15(10-14(17)18)7-3-4-8-15/h5-6,9,16H,3-4,7-8,10H2,1-2H3,(H,17,18). The predicted molar refractivity (Wildman–Crippen MR) is 79.7 cm³/mol. The highest BCUT2D eigenvalue weighted by molar-refractivity contribution is 7.89. The fourth-order valence-electron chi connectivity index (χ4n) is 3.10. The van der Waals surface area contributed by atoms with E-state index in [0.717, 1.165) is 18.4 Å². The summed E-state index contributed by atoms with van der Waals surface area (Å²) in [4.78, 5) is 11.3. The van der Waals surface area contributed by atoms with Crippen molar-refractivity contribution in [3.05, 3.63) is 29.3 Å². The predicted octanol–water partition coefficient (Wildman–Crippen LogP) is 2.37. The normalized spacial score (nSPS) is 17.8. The lowest BCUT2D eigenvalue weighted by atomic mass is 9.95. The minimum atomic E-state index is -3.71. The van der Waals surface area contributed by atoms with E-state index in [4.69, 9.17) is 5.11 Å². The van der Waals surface area contributed by atoms with E-state index in [1.165, 1.54) is 0 Å². The van der Waals surface area contributed by atoms with Crippen LogP contribution in [0.3, 0.4) is 0 Å². The van der Waals surface area contributed by atoms with E-state index in [9.17, 15) is 13.2 Å². The highest BCUT2D eigenvalue weighted by atomic mass is 32.2. The molecule has 2 rings (SSSR count). The Morgan fingerprint density at radius 1 is 1.29 bits per heavy atom. The molecule has 1 fully saturated rings. The van der Waals surface area contributed by atoms with Crippen molar-refractivity contribution < 1.29 is 18.3 Å². The van der Waals surface area contributed by atoms with Crippen molar-refractivity contribution in [3.63, 3.8) is 0 Å². The Hall–Kier alpha value is -1.40. The summed E-state index contributed by atoms with van der Waals surface area (Å²) in [6.07, 6.45) is 2.68. The first-order valence-electron chi connectivity index (χ1n) is 7.07. The van der Waals surface area contributed by atoms with Crippen LogP contribution in [0.25, 0.3) is 0 Å². The van der Waals surface area contributed by atoms with Crippen LogP contribution in [0.1, 0.15) is 43.2 Å². The average Bonchev–Trinajstić information content (AvgIpc) is 2.74. The van der Waals surface area contributed by atoms with Crippen molar-refractivity contribution in [1.82, 2.24) is 4.72 Å². The summed E-state index contributed by atoms with van der Waals surface area (Å²) in [5, 5.41) is 9.06. The van der Waals surface area contributed by atoms with Crippen molar-refractivity contribution >= 4 is 16.0 Å². The van der Waals surface area contributed by atoms with Gasteiger partial charge in [-0.05, 0) is 38.3 Å². The molecule has 1 aliphatic rings. The van der Waals surface area contributed by atoms with Crippen molar-refractivity contribution in [1.29, 1.82) is 0 Å². The van der Waals surface area contributed by atoms with Crippen LogP contribution >= 0.6 is 0 Å². The highest BCUT2D eigenvalue weighted by Gasteiger charge is 2.40. The quantitative estimate of drug-likeness (QED) is 0.874. The smallest absolute Gasteiger partial charge is 0.305 e. The van der Waals surface area contributed by atoms with E-state index < -0.39 is 21.5 Å². The molecule has 6 heteroatoms. The molecule has 0 atom stereocenters. The SMILES string of the molecule is Cc1ccc(S(=O)(=O)NC2(CC(=O)O)CCCC2)c(C)c1. The van der Waals surface area contributed by atoms with Gasteiger partial charge in [0.2, 0.25) is 10.0 Å². The highest BCUT2D eigenvalue weighted by Crippen LogP contribution is 2.34. The summed E-state index contributed by atoms with van der Waals surface area (Å²) < 4.78 is 27.9. The van der Waals surface area contributed by atoms with Crippen LogP contribution in [0.2, 0.25) is 0 Å². The molecule has 2 N–H and O–H groups in total. The Labute approximate surface area is 125 Å². The van der Waals surface area contributed by atoms with Crippen molar-refractivity contribution in [2.24, 2.45) is 0 Å². The van der Waals surface area contributed by atoms with E-state index in [1.807, 2.05) is 13.0 Å². The van der Waals surface area contributed by atoms with Crippen LogP contribution in [0.15, 0.2) is 23.1 Å². The minimum Gasteiger partial charge on any atom is -0.481 e. The van der Waals surface area contributed by atoms with Gasteiger partial charge in [0.25, 0.3) is 0 Å². The van der Waals surface area contributed by atoms with Crippen LogP contribution in [0.5, 0.6) is 0 Å². The van der Waals surface area contributed by atoms with E-state index in [-0.39, 0.29) is 11.3 Å². The fraction of sp³-hybridized carbons (Fsp3) is 0.533. The number of aryl methyl sites for hydroxylation is 2. The molecule has 5 nitrogen and oxygen atoms in total. The first-order valence-corrected chi connectivity index (χ1v) is 8.55. The lowest BCUT2D eigenvalue weighted by Crippen LogP contribution is -2.47. The third-order valence-corrected chi connectivity index (χ3v) is 5.76. The van der Waals surface area contributed by atoms with Gasteiger partial charge in [0.05, 0.1) is 11.3 Å². The number of rotatable bonds is 5. The topological polar surface area (TPSA) is 83.5 Å². The van der Waals surface area contributed by atoms with Crippen LogP contribution in [0.4, 0.5) is 0 Å². The maximum Gasteiger partial charge on any atom is 0.305 e. The van der Waals surface area contributed by atoms with E-state index in [0.29, 0.717) is 18.4 Å². The molecule has 0 unspecified atom stereocenters.